The highest BCUT2D eigenvalue weighted by Crippen LogP contribution is 2.26. The van der Waals surface area contributed by atoms with Crippen LogP contribution in [-0.4, -0.2) is 18.4 Å². The van der Waals surface area contributed by atoms with Crippen molar-refractivity contribution in [1.82, 2.24) is 5.43 Å². The summed E-state index contributed by atoms with van der Waals surface area (Å²) >= 11 is 4.71. The zero-order valence-electron chi connectivity index (χ0n) is 11.0. The van der Waals surface area contributed by atoms with Crippen molar-refractivity contribution in [2.75, 3.05) is 7.11 Å². The van der Waals surface area contributed by atoms with Gasteiger partial charge in [-0.2, -0.15) is 5.10 Å². The largest absolute Gasteiger partial charge is 0.497 e. The fourth-order valence-electron chi connectivity index (χ4n) is 1.83. The Bertz CT molecular complexity index is 641. The predicted octanol–water partition coefficient (Wildman–Crippen LogP) is 2.53. The van der Waals surface area contributed by atoms with Crippen LogP contribution < -0.4 is 15.9 Å². The first-order chi connectivity index (χ1) is 9.70. The molecule has 0 fully saturated rings. The molecule has 4 nitrogen and oxygen atoms in total. The Labute approximate surface area is 123 Å². The molecule has 0 aromatic heterocycles. The molecule has 0 aliphatic heterocycles. The fourth-order valence-corrected chi connectivity index (χ4v) is 1.88. The van der Waals surface area contributed by atoms with Gasteiger partial charge in [-0.3, -0.25) is 5.43 Å². The molecule has 0 aliphatic carbocycles. The number of methoxy groups -OCH3 is 1. The van der Waals surface area contributed by atoms with E-state index in [9.17, 15) is 0 Å². The van der Waals surface area contributed by atoms with Crippen LogP contribution in [0.25, 0.3) is 11.1 Å². The van der Waals surface area contributed by atoms with Crippen molar-refractivity contribution in [3.05, 3.63) is 54.1 Å². The first-order valence-electron chi connectivity index (χ1n) is 6.02. The van der Waals surface area contributed by atoms with Gasteiger partial charge in [0, 0.05) is 5.56 Å². The van der Waals surface area contributed by atoms with Gasteiger partial charge in [0.25, 0.3) is 0 Å². The molecule has 102 valence electrons. The number of thiocarbonyl (C=S) groups is 1. The number of nitrogens with zero attached hydrogens (tertiary/aromatic N) is 1. The Balaban J connectivity index is 2.36. The van der Waals surface area contributed by atoms with Gasteiger partial charge in [-0.1, -0.05) is 36.4 Å². The first-order valence-corrected chi connectivity index (χ1v) is 6.43. The maximum Gasteiger partial charge on any atom is 0.184 e. The van der Waals surface area contributed by atoms with Crippen LogP contribution in [0.2, 0.25) is 0 Å². The quantitative estimate of drug-likeness (QED) is 0.515. The summed E-state index contributed by atoms with van der Waals surface area (Å²) < 4.78 is 5.25. The van der Waals surface area contributed by atoms with Crippen molar-refractivity contribution in [3.63, 3.8) is 0 Å². The summed E-state index contributed by atoms with van der Waals surface area (Å²) in [5.74, 6) is 0.815. The van der Waals surface area contributed by atoms with Crippen LogP contribution >= 0.6 is 12.2 Å². The second-order valence-electron chi connectivity index (χ2n) is 4.05. The molecule has 0 bridgehead atoms. The third-order valence-electron chi connectivity index (χ3n) is 2.72. The Morgan fingerprint density at radius 2 is 2.05 bits per heavy atom. The zero-order chi connectivity index (χ0) is 14.4. The van der Waals surface area contributed by atoms with Crippen molar-refractivity contribution in [2.24, 2.45) is 10.8 Å². The zero-order valence-corrected chi connectivity index (χ0v) is 11.9. The van der Waals surface area contributed by atoms with E-state index >= 15 is 0 Å². The van der Waals surface area contributed by atoms with Crippen LogP contribution in [0.4, 0.5) is 0 Å². The molecule has 0 heterocycles. The lowest BCUT2D eigenvalue weighted by Gasteiger charge is -2.07. The van der Waals surface area contributed by atoms with E-state index in [0.29, 0.717) is 0 Å². The number of ether oxygens (including phenoxy) is 1. The summed E-state index contributed by atoms with van der Waals surface area (Å²) in [6.07, 6.45) is 1.69. The molecule has 2 aromatic carbocycles. The normalized spacial score (nSPS) is 10.4. The van der Waals surface area contributed by atoms with Crippen LogP contribution in [0.3, 0.4) is 0 Å². The van der Waals surface area contributed by atoms with E-state index in [1.54, 1.807) is 13.3 Å². The molecule has 3 N–H and O–H groups in total. The van der Waals surface area contributed by atoms with Crippen molar-refractivity contribution in [1.29, 1.82) is 0 Å². The highest BCUT2D eigenvalue weighted by Gasteiger charge is 2.03. The van der Waals surface area contributed by atoms with Crippen LogP contribution in [0.5, 0.6) is 5.75 Å². The fraction of sp³-hybridized carbons (Fsp3) is 0.0667. The number of nitrogens with one attached hydrogen (secondary N) is 1. The molecule has 20 heavy (non-hydrogen) atoms. The minimum absolute atomic E-state index is 0.139. The number of benzene rings is 2. The van der Waals surface area contributed by atoms with Crippen molar-refractivity contribution in [2.45, 2.75) is 0 Å². The lowest BCUT2D eigenvalue weighted by Crippen LogP contribution is -2.24. The molecule has 0 aliphatic rings. The second kappa shape index (κ2) is 6.68. The number of hydrogen-bond donors (Lipinski definition) is 2. The molecular weight excluding hydrogens is 270 g/mol. The SMILES string of the molecule is COc1cccc(-c2ccccc2C=NNC(N)=S)c1. The molecule has 0 unspecified atom stereocenters. The predicted molar refractivity (Wildman–Crippen MR) is 85.9 cm³/mol. The van der Waals surface area contributed by atoms with Crippen LogP contribution in [0, 0.1) is 0 Å². The number of hydrazone groups is 1. The van der Waals surface area contributed by atoms with Gasteiger partial charge in [0.2, 0.25) is 0 Å². The van der Waals surface area contributed by atoms with Gasteiger partial charge in [0.05, 0.1) is 13.3 Å². The van der Waals surface area contributed by atoms with Crippen LogP contribution in [0.1, 0.15) is 5.56 Å². The Kier molecular flexibility index (Phi) is 4.68. The maximum absolute atomic E-state index is 5.33. The van der Waals surface area contributed by atoms with Crippen molar-refractivity contribution in [3.8, 4) is 16.9 Å². The van der Waals surface area contributed by atoms with Gasteiger partial charge in [-0.25, -0.2) is 0 Å². The molecule has 0 spiro atoms. The van der Waals surface area contributed by atoms with E-state index in [1.165, 1.54) is 0 Å². The molecule has 0 saturated carbocycles. The topological polar surface area (TPSA) is 59.6 Å². The average Bonchev–Trinajstić information content (AvgIpc) is 2.47. The van der Waals surface area contributed by atoms with E-state index in [0.717, 1.165) is 22.4 Å². The van der Waals surface area contributed by atoms with Gasteiger partial charge in [-0.05, 0) is 35.5 Å². The standard InChI is InChI=1S/C15H15N3OS/c1-19-13-7-4-6-11(9-13)14-8-3-2-5-12(14)10-17-18-15(16)20/h2-10H,1H3,(H3,16,18,20). The van der Waals surface area contributed by atoms with Gasteiger partial charge < -0.3 is 10.5 Å². The molecule has 0 amide bonds. The molecule has 2 aromatic rings. The number of nitrogens with two attached hydrogens (primary N) is 1. The van der Waals surface area contributed by atoms with E-state index in [2.05, 4.69) is 10.5 Å². The van der Waals surface area contributed by atoms with Crippen molar-refractivity contribution >= 4 is 23.5 Å². The van der Waals surface area contributed by atoms with Gasteiger partial charge >= 0.3 is 0 Å². The highest BCUT2D eigenvalue weighted by molar-refractivity contribution is 7.80. The lowest BCUT2D eigenvalue weighted by atomic mass is 10.0. The third-order valence-corrected chi connectivity index (χ3v) is 2.81. The summed E-state index contributed by atoms with van der Waals surface area (Å²) in [5, 5.41) is 4.14. The Morgan fingerprint density at radius 3 is 2.80 bits per heavy atom. The smallest absolute Gasteiger partial charge is 0.184 e. The van der Waals surface area contributed by atoms with E-state index in [-0.39, 0.29) is 5.11 Å². The lowest BCUT2D eigenvalue weighted by molar-refractivity contribution is 0.415. The molecule has 0 radical (unpaired) electrons. The monoisotopic (exact) mass is 285 g/mol. The van der Waals surface area contributed by atoms with E-state index in [4.69, 9.17) is 22.7 Å². The maximum atomic E-state index is 5.33. The van der Waals surface area contributed by atoms with E-state index in [1.807, 2.05) is 48.5 Å². The minimum Gasteiger partial charge on any atom is -0.497 e. The van der Waals surface area contributed by atoms with Crippen LogP contribution in [-0.2, 0) is 0 Å². The van der Waals surface area contributed by atoms with Crippen LogP contribution in [0.15, 0.2) is 53.6 Å². The first kappa shape index (κ1) is 14.0. The Hall–Kier alpha value is -2.40. The Morgan fingerprint density at radius 1 is 1.25 bits per heavy atom. The molecule has 5 heteroatoms. The summed E-state index contributed by atoms with van der Waals surface area (Å²) in [6, 6.07) is 15.8. The minimum atomic E-state index is 0.139. The van der Waals surface area contributed by atoms with Gasteiger partial charge in [-0.15, -0.1) is 0 Å². The molecule has 0 atom stereocenters. The van der Waals surface area contributed by atoms with Gasteiger partial charge in [0.1, 0.15) is 5.75 Å². The number of hydrogen-bond acceptors (Lipinski definition) is 3. The average molecular weight is 285 g/mol. The third kappa shape index (κ3) is 3.55. The molecule has 0 saturated heterocycles. The van der Waals surface area contributed by atoms with Crippen molar-refractivity contribution < 1.29 is 4.74 Å². The summed E-state index contributed by atoms with van der Waals surface area (Å²) in [6.45, 7) is 0. The summed E-state index contributed by atoms with van der Waals surface area (Å²) in [7, 11) is 1.65. The van der Waals surface area contributed by atoms with Gasteiger partial charge in [0.15, 0.2) is 5.11 Å². The molecular formula is C15H15N3OS. The molecule has 2 rings (SSSR count). The highest BCUT2D eigenvalue weighted by atomic mass is 32.1. The van der Waals surface area contributed by atoms with E-state index < -0.39 is 0 Å². The summed E-state index contributed by atoms with van der Waals surface area (Å²) in [5.41, 5.74) is 11.0. The summed E-state index contributed by atoms with van der Waals surface area (Å²) in [4.78, 5) is 0. The second-order valence-corrected chi connectivity index (χ2v) is 4.49. The number of rotatable bonds is 4.